The Morgan fingerprint density at radius 1 is 0.383 bits per heavy atom. The first kappa shape index (κ1) is 31.3. The maximum Gasteiger partial charge on any atom is 0.346 e. The molecule has 0 spiro atoms. The van der Waals surface area contributed by atoms with Gasteiger partial charge in [-0.2, -0.15) is 0 Å². The third kappa shape index (κ3) is 4.23. The van der Waals surface area contributed by atoms with Gasteiger partial charge in [-0.1, -0.05) is 124 Å². The molecule has 0 atom stereocenters. The summed E-state index contributed by atoms with van der Waals surface area (Å²) in [5.74, 6) is -1.16. The van der Waals surface area contributed by atoms with Gasteiger partial charge >= 0.3 is 11.9 Å². The molecular formula is C43H32ArO3. The fraction of sp³-hybridized carbons (Fsp3) is 0.116. The maximum absolute atomic E-state index is 12.7. The summed E-state index contributed by atoms with van der Waals surface area (Å²) in [6, 6.07) is 36.6. The summed E-state index contributed by atoms with van der Waals surface area (Å²) in [4.78, 5) is 25.4. The number of cyclic esters (lactones) is 2. The van der Waals surface area contributed by atoms with Gasteiger partial charge in [0.25, 0.3) is 0 Å². The van der Waals surface area contributed by atoms with Crippen LogP contribution in [-0.4, -0.2) is 11.9 Å². The molecule has 1 heterocycles. The predicted octanol–water partition coefficient (Wildman–Crippen LogP) is 12.0. The fourth-order valence-electron chi connectivity index (χ4n) is 7.71. The van der Waals surface area contributed by atoms with Gasteiger partial charge in [-0.05, 0) is 100 Å². The van der Waals surface area contributed by atoms with Crippen LogP contribution in [0.15, 0.2) is 103 Å². The van der Waals surface area contributed by atoms with E-state index in [1.165, 1.54) is 59.8 Å². The molecule has 0 fully saturated rings. The van der Waals surface area contributed by atoms with Crippen molar-refractivity contribution in [2.24, 2.45) is 0 Å². The van der Waals surface area contributed by atoms with E-state index < -0.39 is 11.9 Å². The number of aryl methyl sites for hydroxylation is 1. The van der Waals surface area contributed by atoms with E-state index in [4.69, 9.17) is 4.74 Å². The van der Waals surface area contributed by atoms with Crippen LogP contribution in [0.4, 0.5) is 0 Å². The number of fused-ring (bicyclic) bond motifs is 4. The molecule has 10 rings (SSSR count). The second-order valence-corrected chi connectivity index (χ2v) is 11.6. The van der Waals surface area contributed by atoms with Crippen molar-refractivity contribution in [3.63, 3.8) is 0 Å². The van der Waals surface area contributed by atoms with Crippen molar-refractivity contribution in [1.29, 1.82) is 0 Å². The molecule has 0 aromatic heterocycles. The Balaban J connectivity index is 0.000000679. The van der Waals surface area contributed by atoms with Gasteiger partial charge in [-0.25, -0.2) is 9.59 Å². The molecule has 4 heteroatoms. The van der Waals surface area contributed by atoms with Crippen LogP contribution in [-0.2, 0) is 4.74 Å². The predicted molar refractivity (Wildman–Crippen MR) is 194 cm³/mol. The van der Waals surface area contributed by atoms with Gasteiger partial charge in [0, 0.05) is 43.1 Å². The van der Waals surface area contributed by atoms with E-state index in [0.29, 0.717) is 16.5 Å². The largest absolute Gasteiger partial charge is 0.386 e. The molecule has 0 saturated heterocycles. The Morgan fingerprint density at radius 3 is 1.23 bits per heavy atom. The maximum atomic E-state index is 12.7. The number of hydrogen-bond donors (Lipinski definition) is 0. The van der Waals surface area contributed by atoms with Gasteiger partial charge in [0.05, 0.1) is 11.1 Å². The molecule has 0 aliphatic carbocycles. The molecule has 9 aromatic carbocycles. The van der Waals surface area contributed by atoms with Crippen molar-refractivity contribution in [3.05, 3.63) is 120 Å². The minimum absolute atomic E-state index is 0. The molecule has 3 nitrogen and oxygen atoms in total. The number of carbonyl (C=O) groups is 2. The summed E-state index contributed by atoms with van der Waals surface area (Å²) in [7, 11) is 0. The summed E-state index contributed by atoms with van der Waals surface area (Å²) in [6.07, 6.45) is 0. The Bertz CT molecular complexity index is 2570. The third-order valence-corrected chi connectivity index (χ3v) is 9.51. The van der Waals surface area contributed by atoms with Crippen molar-refractivity contribution in [1.82, 2.24) is 0 Å². The normalized spacial score (nSPS) is 12.4. The minimum atomic E-state index is -0.582. The molecule has 0 amide bonds. The summed E-state index contributed by atoms with van der Waals surface area (Å²) in [5, 5.41) is 16.0. The molecule has 1 aliphatic rings. The average Bonchev–Trinajstić information content (AvgIpc) is 3.11. The molecular weight excluding hydrogens is 604 g/mol. The van der Waals surface area contributed by atoms with Crippen LogP contribution in [0.1, 0.15) is 54.0 Å². The molecule has 0 saturated carbocycles. The van der Waals surface area contributed by atoms with Crippen LogP contribution in [0, 0.1) is 44.7 Å². The summed E-state index contributed by atoms with van der Waals surface area (Å²) in [5.41, 5.74) is 4.61. The molecule has 0 bridgehead atoms. The summed E-state index contributed by atoms with van der Waals surface area (Å²) in [6.45, 7) is 10.1. The molecule has 1 aliphatic heterocycles. The second-order valence-electron chi connectivity index (χ2n) is 11.6. The van der Waals surface area contributed by atoms with Crippen LogP contribution >= 0.6 is 0 Å². The quantitative estimate of drug-likeness (QED) is 0.0779. The van der Waals surface area contributed by atoms with E-state index in [0.717, 1.165) is 26.9 Å². The van der Waals surface area contributed by atoms with Gasteiger partial charge in [0.1, 0.15) is 0 Å². The van der Waals surface area contributed by atoms with Crippen molar-refractivity contribution in [3.8, 4) is 11.1 Å². The van der Waals surface area contributed by atoms with Crippen LogP contribution in [0.25, 0.3) is 86.5 Å². The SMILES string of the molecule is CC.CC.Cc1ccc(-c2ccc3c4ccc5c6ccc7c8c(ccc(c9ccc(c%10cccc2c%103)c4c95)c86)C(=O)OC7=O)cc1.[Ar]. The Labute approximate surface area is 302 Å². The molecule has 0 unspecified atom stereocenters. The number of benzene rings is 9. The number of hydrogen-bond acceptors (Lipinski definition) is 3. The monoisotopic (exact) mass is 636 g/mol. The fourth-order valence-corrected chi connectivity index (χ4v) is 7.71. The van der Waals surface area contributed by atoms with Gasteiger partial charge in [-0.15, -0.1) is 0 Å². The van der Waals surface area contributed by atoms with E-state index in [1.54, 1.807) is 0 Å². The minimum Gasteiger partial charge on any atom is -0.386 e. The van der Waals surface area contributed by atoms with E-state index in [2.05, 4.69) is 85.8 Å². The van der Waals surface area contributed by atoms with E-state index in [1.807, 2.05) is 52.0 Å². The van der Waals surface area contributed by atoms with Gasteiger partial charge in [0.2, 0.25) is 0 Å². The number of carbonyl (C=O) groups excluding carboxylic acids is 2. The first-order valence-electron chi connectivity index (χ1n) is 16.2. The summed E-state index contributed by atoms with van der Waals surface area (Å²) < 4.78 is 5.04. The zero-order valence-electron chi connectivity index (χ0n) is 26.9. The first-order chi connectivity index (χ1) is 22.6. The van der Waals surface area contributed by atoms with Crippen molar-refractivity contribution in [2.45, 2.75) is 34.6 Å². The zero-order valence-corrected chi connectivity index (χ0v) is 27.6. The van der Waals surface area contributed by atoms with Crippen LogP contribution in [0.5, 0.6) is 0 Å². The second kappa shape index (κ2) is 11.8. The number of esters is 2. The molecule has 0 radical (unpaired) electrons. The Kier molecular flexibility index (Phi) is 7.83. The number of ether oxygens (including phenoxy) is 1. The molecule has 47 heavy (non-hydrogen) atoms. The van der Waals surface area contributed by atoms with E-state index in [9.17, 15) is 9.59 Å². The Hall–Kier alpha value is -4.28. The van der Waals surface area contributed by atoms with Crippen LogP contribution in [0.2, 0.25) is 0 Å². The Morgan fingerprint density at radius 2 is 0.745 bits per heavy atom. The molecule has 0 N–H and O–H groups in total. The third-order valence-electron chi connectivity index (χ3n) is 9.51. The first-order valence-corrected chi connectivity index (χ1v) is 16.2. The van der Waals surface area contributed by atoms with E-state index in [-0.39, 0.29) is 37.7 Å². The molecule has 9 aromatic rings. The average molecular weight is 637 g/mol. The van der Waals surface area contributed by atoms with Crippen molar-refractivity contribution >= 4 is 87.3 Å². The van der Waals surface area contributed by atoms with Crippen LogP contribution in [0.3, 0.4) is 0 Å². The van der Waals surface area contributed by atoms with E-state index >= 15 is 0 Å². The van der Waals surface area contributed by atoms with Crippen molar-refractivity contribution < 1.29 is 52.1 Å². The van der Waals surface area contributed by atoms with Gasteiger partial charge < -0.3 is 4.74 Å². The summed E-state index contributed by atoms with van der Waals surface area (Å²) >= 11 is 0. The van der Waals surface area contributed by atoms with Crippen molar-refractivity contribution in [2.75, 3.05) is 0 Å². The standard InChI is InChI=1S/C39H20O3.2C2H6.Ar/c1-19-5-7-20(8-6-19)21-9-10-24-26-12-14-28-30-16-18-32-37-31(38(40)42-39(32)41)17-15-29(36(30)37)27-13-11-25(34(26)35(27)28)23-4-2-3-22(21)33(23)24;2*1-2;/h2-18H,1H3;2*1-2H3;. The zero-order chi connectivity index (χ0) is 31.9. The number of rotatable bonds is 1. The topological polar surface area (TPSA) is 43.4 Å². The van der Waals surface area contributed by atoms with Gasteiger partial charge in [0.15, 0.2) is 0 Å². The molecule has 230 valence electrons. The van der Waals surface area contributed by atoms with Crippen LogP contribution < -0.4 is 0 Å². The van der Waals surface area contributed by atoms with Gasteiger partial charge in [-0.3, -0.25) is 0 Å². The smallest absolute Gasteiger partial charge is 0.346 e.